The monoisotopic (exact) mass is 791 g/mol. The molecule has 11 rings (SSSR count). The van der Waals surface area contributed by atoms with E-state index in [1.807, 2.05) is 0 Å². The summed E-state index contributed by atoms with van der Waals surface area (Å²) in [5, 5.41) is 8.16. The molecule has 0 amide bonds. The van der Waals surface area contributed by atoms with Crippen LogP contribution in [0.15, 0.2) is 127 Å². The van der Waals surface area contributed by atoms with E-state index in [0.717, 1.165) is 89.7 Å². The van der Waals surface area contributed by atoms with Crippen LogP contribution in [0.25, 0.3) is 60.7 Å². The van der Waals surface area contributed by atoms with Crippen molar-refractivity contribution >= 4 is 55.0 Å². The quantitative estimate of drug-likeness (QED) is 0.0954. The van der Waals surface area contributed by atoms with Crippen LogP contribution in [0.4, 0.5) is 5.69 Å². The van der Waals surface area contributed by atoms with Gasteiger partial charge in [0, 0.05) is 54.2 Å². The maximum Gasteiger partial charge on any atom is 0.225 e. The normalized spacial score (nSPS) is 19.3. The maximum absolute atomic E-state index is 7.25. The van der Waals surface area contributed by atoms with Gasteiger partial charge in [-0.1, -0.05) is 91.0 Å². The third-order valence-corrected chi connectivity index (χ3v) is 12.8. The molecular formula is C53H49N3O4. The van der Waals surface area contributed by atoms with E-state index < -0.39 is 5.60 Å². The van der Waals surface area contributed by atoms with E-state index in [1.54, 1.807) is 0 Å². The molecular weight excluding hydrogens is 743 g/mol. The first-order valence-corrected chi connectivity index (χ1v) is 21.8. The zero-order chi connectivity index (χ0) is 39.9. The Balaban J connectivity index is 0.985. The predicted molar refractivity (Wildman–Crippen MR) is 243 cm³/mol. The topological polar surface area (TPSA) is 65.9 Å². The number of nitrogens with zero attached hydrogens (tertiary/aromatic N) is 3. The van der Waals surface area contributed by atoms with E-state index in [9.17, 15) is 0 Å². The van der Waals surface area contributed by atoms with E-state index in [-0.39, 0.29) is 6.10 Å². The Labute approximate surface area is 350 Å². The minimum absolute atomic E-state index is 0.187. The molecule has 2 unspecified atom stereocenters. The van der Waals surface area contributed by atoms with Crippen molar-refractivity contribution in [2.45, 2.75) is 56.7 Å². The molecule has 3 aliphatic rings. The number of fused-ring (bicyclic) bond motifs is 3. The van der Waals surface area contributed by atoms with Crippen LogP contribution in [0.5, 0.6) is 11.6 Å². The zero-order valence-corrected chi connectivity index (χ0v) is 33.9. The summed E-state index contributed by atoms with van der Waals surface area (Å²) in [6, 6.07) is 43.4. The van der Waals surface area contributed by atoms with Crippen LogP contribution in [0.2, 0.25) is 0 Å². The number of rotatable bonds is 11. The van der Waals surface area contributed by atoms with Gasteiger partial charge >= 0.3 is 0 Å². The number of ether oxygens (including phenoxy) is 4. The molecule has 3 aliphatic heterocycles. The molecule has 2 saturated heterocycles. The minimum atomic E-state index is -0.824. The van der Waals surface area contributed by atoms with Gasteiger partial charge in [0.05, 0.1) is 30.2 Å². The van der Waals surface area contributed by atoms with Crippen LogP contribution in [-0.2, 0) is 15.1 Å². The lowest BCUT2D eigenvalue weighted by Crippen LogP contribution is -2.34. The van der Waals surface area contributed by atoms with Crippen molar-refractivity contribution in [1.82, 2.24) is 9.97 Å². The van der Waals surface area contributed by atoms with Gasteiger partial charge < -0.3 is 23.8 Å². The van der Waals surface area contributed by atoms with Crippen molar-refractivity contribution in [1.29, 1.82) is 0 Å². The lowest BCUT2D eigenvalue weighted by Gasteiger charge is -2.37. The number of aromatic nitrogens is 2. The van der Waals surface area contributed by atoms with Gasteiger partial charge in [-0.3, -0.25) is 0 Å². The second-order valence-corrected chi connectivity index (χ2v) is 16.6. The van der Waals surface area contributed by atoms with E-state index >= 15 is 0 Å². The Morgan fingerprint density at radius 3 is 2.25 bits per heavy atom. The van der Waals surface area contributed by atoms with Crippen molar-refractivity contribution in [2.24, 2.45) is 0 Å². The van der Waals surface area contributed by atoms with Crippen LogP contribution in [0, 0.1) is 0 Å². The van der Waals surface area contributed by atoms with Gasteiger partial charge in [0.15, 0.2) is 11.4 Å². The Hall–Kier alpha value is -6.02. The fourth-order valence-corrected chi connectivity index (χ4v) is 9.72. The molecule has 60 heavy (non-hydrogen) atoms. The average Bonchev–Trinajstić information content (AvgIpc) is 3.32. The molecule has 7 nitrogen and oxygen atoms in total. The molecule has 7 heteroatoms. The summed E-state index contributed by atoms with van der Waals surface area (Å²) < 4.78 is 25.7. The molecule has 8 aromatic rings. The van der Waals surface area contributed by atoms with Crippen molar-refractivity contribution in [2.75, 3.05) is 44.4 Å². The van der Waals surface area contributed by atoms with Crippen molar-refractivity contribution in [3.05, 3.63) is 144 Å². The van der Waals surface area contributed by atoms with Gasteiger partial charge in [0.1, 0.15) is 5.75 Å². The average molecular weight is 792 g/mol. The highest BCUT2D eigenvalue weighted by Crippen LogP contribution is 2.47. The third kappa shape index (κ3) is 6.70. The van der Waals surface area contributed by atoms with Crippen molar-refractivity contribution in [3.63, 3.8) is 0 Å². The lowest BCUT2D eigenvalue weighted by molar-refractivity contribution is -0.0510. The van der Waals surface area contributed by atoms with Crippen LogP contribution in [-0.4, -0.2) is 55.6 Å². The molecule has 0 bridgehead atoms. The van der Waals surface area contributed by atoms with Crippen LogP contribution < -0.4 is 14.4 Å². The standard InChI is InChI=1S/C53H49N3O4/c1-3-13-39(14-4-1)53(40-20-22-41(23-21-40)56-30-5-2-6-31-56)29-28-45-47(60-53)27-26-46-50(45)52(59-34-8-7-33-58-42-15-10-32-57-35-42)55-51(54-46)44-25-19-38-17-16-36-11-9-12-37-18-24-43(44)49(38)48(36)37/h1,3-4,9,11-14,16-29,42H,2,5-8,10,15,30-35H2. The second-order valence-electron chi connectivity index (χ2n) is 16.6. The number of unbranched alkanes of at least 4 members (excludes halogenated alkanes) is 1. The van der Waals surface area contributed by atoms with Crippen molar-refractivity contribution in [3.8, 4) is 23.0 Å². The first kappa shape index (κ1) is 37.0. The van der Waals surface area contributed by atoms with Crippen LogP contribution >= 0.6 is 0 Å². The van der Waals surface area contributed by atoms with Crippen molar-refractivity contribution < 1.29 is 18.9 Å². The summed E-state index contributed by atoms with van der Waals surface area (Å²) in [5.41, 5.74) is 5.30. The number of piperidine rings is 1. The highest BCUT2D eigenvalue weighted by Gasteiger charge is 2.38. The van der Waals surface area contributed by atoms with E-state index in [0.29, 0.717) is 31.5 Å². The Kier molecular flexibility index (Phi) is 9.79. The highest BCUT2D eigenvalue weighted by molar-refractivity contribution is 6.25. The highest BCUT2D eigenvalue weighted by atomic mass is 16.5. The summed E-state index contributed by atoms with van der Waals surface area (Å²) in [6.07, 6.45) is 12.2. The smallest absolute Gasteiger partial charge is 0.225 e. The van der Waals surface area contributed by atoms with Gasteiger partial charge in [0.2, 0.25) is 5.88 Å². The lowest BCUT2D eigenvalue weighted by atomic mass is 9.83. The van der Waals surface area contributed by atoms with Gasteiger partial charge in [-0.05, 0) is 120 Å². The molecule has 0 aliphatic carbocycles. The van der Waals surface area contributed by atoms with Gasteiger partial charge in [-0.15, -0.1) is 0 Å². The Morgan fingerprint density at radius 1 is 0.667 bits per heavy atom. The molecule has 2 fully saturated rings. The number of hydrogen-bond donors (Lipinski definition) is 0. The molecule has 4 heterocycles. The second kappa shape index (κ2) is 15.9. The predicted octanol–water partition coefficient (Wildman–Crippen LogP) is 11.9. The third-order valence-electron chi connectivity index (χ3n) is 12.8. The first-order valence-electron chi connectivity index (χ1n) is 21.8. The first-order chi connectivity index (χ1) is 29.7. The zero-order valence-electron chi connectivity index (χ0n) is 33.9. The number of benzene rings is 7. The fraction of sp³-hybridized carbons (Fsp3) is 0.283. The Bertz CT molecular complexity index is 2810. The van der Waals surface area contributed by atoms with Crippen LogP contribution in [0.3, 0.4) is 0 Å². The molecule has 1 aromatic heterocycles. The maximum atomic E-state index is 7.25. The molecule has 7 aromatic carbocycles. The number of anilines is 1. The van der Waals surface area contributed by atoms with Gasteiger partial charge in [-0.25, -0.2) is 4.98 Å². The van der Waals surface area contributed by atoms with E-state index in [4.69, 9.17) is 28.9 Å². The summed E-state index contributed by atoms with van der Waals surface area (Å²) in [4.78, 5) is 13.1. The summed E-state index contributed by atoms with van der Waals surface area (Å²) >= 11 is 0. The summed E-state index contributed by atoms with van der Waals surface area (Å²) in [6.45, 7) is 4.91. The molecule has 0 spiro atoms. The molecule has 2 atom stereocenters. The molecule has 0 radical (unpaired) electrons. The summed E-state index contributed by atoms with van der Waals surface area (Å²) in [7, 11) is 0. The molecule has 0 saturated carbocycles. The van der Waals surface area contributed by atoms with E-state index in [1.165, 1.54) is 51.9 Å². The summed E-state index contributed by atoms with van der Waals surface area (Å²) in [5.74, 6) is 1.97. The minimum Gasteiger partial charge on any atom is -0.477 e. The SMILES string of the molecule is C1=CC(c2ccccc2)(c2ccc(N3CCCCC3)cc2)Oc2ccc3nc(-c4ccc5ccc6cccc7ccc4c5c67)nc(OCCCCOC4CCCOC4)c3c21. The molecule has 300 valence electrons. The van der Waals surface area contributed by atoms with Gasteiger partial charge in [-0.2, -0.15) is 4.98 Å². The van der Waals surface area contributed by atoms with Gasteiger partial charge in [0.25, 0.3) is 0 Å². The number of hydrogen-bond acceptors (Lipinski definition) is 7. The van der Waals surface area contributed by atoms with Crippen LogP contribution in [0.1, 0.15) is 61.6 Å². The molecule has 0 N–H and O–H groups in total. The largest absolute Gasteiger partial charge is 0.477 e. The Morgan fingerprint density at radius 2 is 1.43 bits per heavy atom. The fourth-order valence-electron chi connectivity index (χ4n) is 9.72. The van der Waals surface area contributed by atoms with E-state index in [2.05, 4.69) is 138 Å².